The number of anilines is 1. The summed E-state index contributed by atoms with van der Waals surface area (Å²) >= 11 is 1.28. The van der Waals surface area contributed by atoms with Crippen LogP contribution < -0.4 is 5.32 Å². The predicted octanol–water partition coefficient (Wildman–Crippen LogP) is 4.13. The Labute approximate surface area is 166 Å². The highest BCUT2D eigenvalue weighted by atomic mass is 32.1. The largest absolute Gasteiger partial charge is 0.338 e. The highest BCUT2D eigenvalue weighted by Gasteiger charge is 2.16. The summed E-state index contributed by atoms with van der Waals surface area (Å²) in [4.78, 5) is 30.8. The summed E-state index contributed by atoms with van der Waals surface area (Å²) < 4.78 is 13.4. The van der Waals surface area contributed by atoms with Crippen LogP contribution in [0.5, 0.6) is 0 Å². The molecule has 28 heavy (non-hydrogen) atoms. The molecule has 0 spiro atoms. The molecule has 0 unspecified atom stereocenters. The number of rotatable bonds is 7. The third-order valence-electron chi connectivity index (χ3n) is 4.14. The first-order valence-corrected chi connectivity index (χ1v) is 9.76. The van der Waals surface area contributed by atoms with Crippen molar-refractivity contribution in [1.82, 2.24) is 9.88 Å². The summed E-state index contributed by atoms with van der Waals surface area (Å²) in [6.07, 6.45) is 0.126. The van der Waals surface area contributed by atoms with Crippen molar-refractivity contribution in [2.45, 2.75) is 19.9 Å². The number of aromatic nitrogens is 1. The van der Waals surface area contributed by atoms with E-state index in [2.05, 4.69) is 10.3 Å². The van der Waals surface area contributed by atoms with Gasteiger partial charge in [0.1, 0.15) is 5.82 Å². The Kier molecular flexibility index (Phi) is 6.49. The van der Waals surface area contributed by atoms with Gasteiger partial charge in [0.2, 0.25) is 5.91 Å². The van der Waals surface area contributed by atoms with E-state index in [-0.39, 0.29) is 24.1 Å². The van der Waals surface area contributed by atoms with Crippen LogP contribution in [0.25, 0.3) is 0 Å². The third-order valence-corrected chi connectivity index (χ3v) is 4.94. The lowest BCUT2D eigenvalue weighted by Gasteiger charge is -2.20. The Morgan fingerprint density at radius 3 is 2.64 bits per heavy atom. The summed E-state index contributed by atoms with van der Waals surface area (Å²) in [5, 5.41) is 4.95. The molecule has 0 radical (unpaired) electrons. The van der Waals surface area contributed by atoms with E-state index in [1.54, 1.807) is 46.7 Å². The zero-order chi connectivity index (χ0) is 19.9. The minimum atomic E-state index is -0.320. The van der Waals surface area contributed by atoms with Crippen LogP contribution in [-0.4, -0.2) is 28.2 Å². The molecule has 7 heteroatoms. The van der Waals surface area contributed by atoms with E-state index in [0.29, 0.717) is 29.5 Å². The molecule has 144 valence electrons. The normalized spacial score (nSPS) is 10.5. The van der Waals surface area contributed by atoms with Crippen LogP contribution >= 0.6 is 11.3 Å². The maximum Gasteiger partial charge on any atom is 0.257 e. The summed E-state index contributed by atoms with van der Waals surface area (Å²) in [6.45, 7) is 2.73. The minimum Gasteiger partial charge on any atom is -0.338 e. The van der Waals surface area contributed by atoms with Crippen molar-refractivity contribution in [3.8, 4) is 0 Å². The summed E-state index contributed by atoms with van der Waals surface area (Å²) in [5.41, 5.74) is 1.88. The summed E-state index contributed by atoms with van der Waals surface area (Å²) in [5.74, 6) is -0.661. The van der Waals surface area contributed by atoms with Gasteiger partial charge in [-0.2, -0.15) is 0 Å². The molecule has 2 aromatic carbocycles. The van der Waals surface area contributed by atoms with Crippen LogP contribution in [0.2, 0.25) is 0 Å². The van der Waals surface area contributed by atoms with E-state index in [0.717, 1.165) is 5.56 Å². The quantitative estimate of drug-likeness (QED) is 0.652. The first-order chi connectivity index (χ1) is 13.5. The standard InChI is InChI=1S/C21H20FN3O2S/c1-2-25(13-15-7-6-10-17(22)11-15)19(26)12-18-14-28-21(23-18)24-20(27)16-8-4-3-5-9-16/h3-11,14H,2,12-13H2,1H3,(H,23,24,27). The van der Waals surface area contributed by atoms with Crippen molar-refractivity contribution in [2.75, 3.05) is 11.9 Å². The summed E-state index contributed by atoms with van der Waals surface area (Å²) in [7, 11) is 0. The van der Waals surface area contributed by atoms with Crippen LogP contribution in [0.15, 0.2) is 60.0 Å². The van der Waals surface area contributed by atoms with Crippen LogP contribution in [0, 0.1) is 5.82 Å². The number of likely N-dealkylation sites (N-methyl/N-ethyl adjacent to an activating group) is 1. The fourth-order valence-electron chi connectivity index (χ4n) is 2.70. The van der Waals surface area contributed by atoms with Gasteiger partial charge in [-0.15, -0.1) is 11.3 Å². The molecule has 0 aliphatic heterocycles. The molecule has 0 fully saturated rings. The van der Waals surface area contributed by atoms with Crippen molar-refractivity contribution in [3.05, 3.63) is 82.6 Å². The van der Waals surface area contributed by atoms with Crippen molar-refractivity contribution < 1.29 is 14.0 Å². The lowest BCUT2D eigenvalue weighted by atomic mass is 10.2. The predicted molar refractivity (Wildman–Crippen MR) is 108 cm³/mol. The molecular formula is C21H20FN3O2S. The number of benzene rings is 2. The van der Waals surface area contributed by atoms with E-state index < -0.39 is 0 Å². The topological polar surface area (TPSA) is 62.3 Å². The molecule has 1 aromatic heterocycles. The average Bonchev–Trinajstić information content (AvgIpc) is 3.13. The molecule has 3 aromatic rings. The highest BCUT2D eigenvalue weighted by molar-refractivity contribution is 7.14. The lowest BCUT2D eigenvalue weighted by molar-refractivity contribution is -0.130. The first-order valence-electron chi connectivity index (χ1n) is 8.88. The second-order valence-corrected chi connectivity index (χ2v) is 7.04. The molecule has 2 amide bonds. The maximum absolute atomic E-state index is 13.4. The molecule has 0 aliphatic carbocycles. The van der Waals surface area contributed by atoms with Gasteiger partial charge in [-0.25, -0.2) is 9.37 Å². The van der Waals surface area contributed by atoms with Gasteiger partial charge in [0.05, 0.1) is 12.1 Å². The van der Waals surface area contributed by atoms with Crippen molar-refractivity contribution in [1.29, 1.82) is 0 Å². The van der Waals surface area contributed by atoms with Crippen molar-refractivity contribution >= 4 is 28.3 Å². The fraction of sp³-hybridized carbons (Fsp3) is 0.190. The first kappa shape index (κ1) is 19.7. The van der Waals surface area contributed by atoms with Gasteiger partial charge < -0.3 is 4.90 Å². The zero-order valence-electron chi connectivity index (χ0n) is 15.4. The van der Waals surface area contributed by atoms with Gasteiger partial charge in [0.25, 0.3) is 5.91 Å². The Bertz CT molecular complexity index is 959. The average molecular weight is 397 g/mol. The van der Waals surface area contributed by atoms with E-state index in [1.807, 2.05) is 13.0 Å². The number of hydrogen-bond donors (Lipinski definition) is 1. The second-order valence-electron chi connectivity index (χ2n) is 6.18. The second kappa shape index (κ2) is 9.23. The third kappa shape index (κ3) is 5.23. The molecule has 0 bridgehead atoms. The molecule has 5 nitrogen and oxygen atoms in total. The number of nitrogens with one attached hydrogen (secondary N) is 1. The van der Waals surface area contributed by atoms with Gasteiger partial charge in [0, 0.05) is 24.0 Å². The number of thiazole rings is 1. The zero-order valence-corrected chi connectivity index (χ0v) is 16.2. The van der Waals surface area contributed by atoms with Gasteiger partial charge in [0.15, 0.2) is 5.13 Å². The van der Waals surface area contributed by atoms with E-state index in [1.165, 1.54) is 23.5 Å². The monoisotopic (exact) mass is 397 g/mol. The Balaban J connectivity index is 1.60. The van der Waals surface area contributed by atoms with Crippen molar-refractivity contribution in [2.24, 2.45) is 0 Å². The number of hydrogen-bond acceptors (Lipinski definition) is 4. The lowest BCUT2D eigenvalue weighted by Crippen LogP contribution is -2.31. The van der Waals surface area contributed by atoms with Gasteiger partial charge in [-0.05, 0) is 36.8 Å². The van der Waals surface area contributed by atoms with Crippen LogP contribution in [0.1, 0.15) is 28.5 Å². The molecule has 0 saturated heterocycles. The molecule has 1 N–H and O–H groups in total. The fourth-order valence-corrected chi connectivity index (χ4v) is 3.41. The number of amides is 2. The summed E-state index contributed by atoms with van der Waals surface area (Å²) in [6, 6.07) is 15.1. The Hall–Kier alpha value is -3.06. The van der Waals surface area contributed by atoms with Gasteiger partial charge in [-0.3, -0.25) is 14.9 Å². The molecule has 0 atom stereocenters. The molecule has 1 heterocycles. The Morgan fingerprint density at radius 2 is 1.93 bits per heavy atom. The van der Waals surface area contributed by atoms with E-state index >= 15 is 0 Å². The van der Waals surface area contributed by atoms with Gasteiger partial charge >= 0.3 is 0 Å². The molecular weight excluding hydrogens is 377 g/mol. The molecule has 3 rings (SSSR count). The number of halogens is 1. The van der Waals surface area contributed by atoms with Gasteiger partial charge in [-0.1, -0.05) is 30.3 Å². The number of carbonyl (C=O) groups is 2. The van der Waals surface area contributed by atoms with Crippen LogP contribution in [-0.2, 0) is 17.8 Å². The maximum atomic E-state index is 13.4. The van der Waals surface area contributed by atoms with Crippen LogP contribution in [0.4, 0.5) is 9.52 Å². The smallest absolute Gasteiger partial charge is 0.257 e. The molecule has 0 saturated carbocycles. The highest BCUT2D eigenvalue weighted by Crippen LogP contribution is 2.18. The van der Waals surface area contributed by atoms with E-state index in [9.17, 15) is 14.0 Å². The SMILES string of the molecule is CCN(Cc1cccc(F)c1)C(=O)Cc1csc(NC(=O)c2ccccc2)n1. The molecule has 0 aliphatic rings. The number of carbonyl (C=O) groups excluding carboxylic acids is 2. The number of nitrogens with zero attached hydrogens (tertiary/aromatic N) is 2. The Morgan fingerprint density at radius 1 is 1.14 bits per heavy atom. The van der Waals surface area contributed by atoms with E-state index in [4.69, 9.17) is 0 Å². The van der Waals surface area contributed by atoms with Crippen LogP contribution in [0.3, 0.4) is 0 Å². The minimum absolute atomic E-state index is 0.0991. The van der Waals surface area contributed by atoms with Crippen molar-refractivity contribution in [3.63, 3.8) is 0 Å².